The minimum absolute atomic E-state index is 0.974. The van der Waals surface area contributed by atoms with Gasteiger partial charge in [-0.3, -0.25) is 0 Å². The number of rotatable bonds is 11. The monoisotopic (exact) mass is 342 g/mol. The number of hydrogen-bond acceptors (Lipinski definition) is 1. The fraction of sp³-hybridized carbons (Fsp3) is 0.583. The van der Waals surface area contributed by atoms with Crippen molar-refractivity contribution in [2.24, 2.45) is 0 Å². The Morgan fingerprint density at radius 1 is 1.04 bits per heavy atom. The second-order valence-electron chi connectivity index (χ2n) is 7.32. The van der Waals surface area contributed by atoms with Gasteiger partial charge in [0.25, 0.3) is 0 Å². The quantitative estimate of drug-likeness (QED) is 0.304. The summed E-state index contributed by atoms with van der Waals surface area (Å²) in [6.45, 7) is 11.1. The maximum absolute atomic E-state index is 5.74. The summed E-state index contributed by atoms with van der Waals surface area (Å²) >= 11 is 0. The van der Waals surface area contributed by atoms with E-state index in [2.05, 4.69) is 58.9 Å². The van der Waals surface area contributed by atoms with Crippen molar-refractivity contribution in [3.8, 4) is 5.75 Å². The van der Waals surface area contributed by atoms with Crippen molar-refractivity contribution in [3.63, 3.8) is 0 Å². The molecular formula is C24H38O. The lowest BCUT2D eigenvalue weighted by molar-refractivity contribution is 0.409. The Morgan fingerprint density at radius 3 is 2.40 bits per heavy atom. The van der Waals surface area contributed by atoms with Gasteiger partial charge in [-0.1, -0.05) is 56.1 Å². The number of unbranched alkanes of at least 4 members (excludes halogenated alkanes) is 2. The predicted octanol–water partition coefficient (Wildman–Crippen LogP) is 7.23. The average Bonchev–Trinajstić information content (AvgIpc) is 2.59. The molecule has 1 aromatic rings. The van der Waals surface area contributed by atoms with Crippen LogP contribution in [0.25, 0.3) is 0 Å². The zero-order valence-electron chi connectivity index (χ0n) is 17.4. The van der Waals surface area contributed by atoms with Crippen molar-refractivity contribution >= 4 is 0 Å². The molecule has 0 aliphatic carbocycles. The summed E-state index contributed by atoms with van der Waals surface area (Å²) in [5.41, 5.74) is 7.11. The van der Waals surface area contributed by atoms with E-state index in [1.54, 1.807) is 7.11 Å². The van der Waals surface area contributed by atoms with Crippen molar-refractivity contribution in [1.29, 1.82) is 0 Å². The van der Waals surface area contributed by atoms with Crippen LogP contribution in [-0.4, -0.2) is 7.11 Å². The topological polar surface area (TPSA) is 9.23 Å². The van der Waals surface area contributed by atoms with E-state index >= 15 is 0 Å². The molecule has 0 radical (unpaired) electrons. The van der Waals surface area contributed by atoms with Crippen molar-refractivity contribution in [3.05, 3.63) is 52.1 Å². The molecule has 0 aliphatic heterocycles. The van der Waals surface area contributed by atoms with Gasteiger partial charge in [-0.05, 0) is 76.5 Å². The molecule has 0 heterocycles. The molecule has 0 saturated carbocycles. The molecule has 0 bridgehead atoms. The van der Waals surface area contributed by atoms with Crippen LogP contribution in [0.15, 0.2) is 35.4 Å². The van der Waals surface area contributed by atoms with Gasteiger partial charge in [0.1, 0.15) is 5.75 Å². The van der Waals surface area contributed by atoms with Crippen LogP contribution in [0.4, 0.5) is 0 Å². The summed E-state index contributed by atoms with van der Waals surface area (Å²) in [6, 6.07) is 4.66. The largest absolute Gasteiger partial charge is 0.496 e. The summed E-state index contributed by atoms with van der Waals surface area (Å²) < 4.78 is 5.74. The highest BCUT2D eigenvalue weighted by Gasteiger charge is 2.10. The van der Waals surface area contributed by atoms with Gasteiger partial charge >= 0.3 is 0 Å². The molecule has 0 aliphatic rings. The zero-order valence-corrected chi connectivity index (χ0v) is 17.4. The molecule has 140 valence electrons. The van der Waals surface area contributed by atoms with Gasteiger partial charge < -0.3 is 4.74 Å². The fourth-order valence-corrected chi connectivity index (χ4v) is 3.19. The molecule has 1 rings (SSSR count). The molecule has 0 fully saturated rings. The summed E-state index contributed by atoms with van der Waals surface area (Å²) in [7, 11) is 1.81. The van der Waals surface area contributed by atoms with E-state index in [1.807, 2.05) is 0 Å². The molecule has 1 heteroatoms. The molecule has 0 spiro atoms. The van der Waals surface area contributed by atoms with Crippen LogP contribution in [0.2, 0.25) is 0 Å². The third-order valence-corrected chi connectivity index (χ3v) is 4.78. The lowest BCUT2D eigenvalue weighted by atomic mass is 9.95. The zero-order chi connectivity index (χ0) is 18.7. The molecule has 0 atom stereocenters. The predicted molar refractivity (Wildman–Crippen MR) is 112 cm³/mol. The maximum Gasteiger partial charge on any atom is 0.122 e. The van der Waals surface area contributed by atoms with Crippen LogP contribution in [0.1, 0.15) is 83.4 Å². The first-order chi connectivity index (χ1) is 12.0. The first kappa shape index (κ1) is 21.5. The fourth-order valence-electron chi connectivity index (χ4n) is 3.19. The maximum atomic E-state index is 5.74. The van der Waals surface area contributed by atoms with Crippen LogP contribution in [0.3, 0.4) is 0 Å². The molecule has 0 unspecified atom stereocenters. The van der Waals surface area contributed by atoms with Crippen LogP contribution >= 0.6 is 0 Å². The average molecular weight is 343 g/mol. The van der Waals surface area contributed by atoms with Crippen LogP contribution in [0, 0.1) is 0 Å². The first-order valence-electron chi connectivity index (χ1n) is 9.99. The van der Waals surface area contributed by atoms with E-state index in [1.165, 1.54) is 47.1 Å². The SMILES string of the molecule is CCCCCc1cc(CC)c(C/C=C(\C)CCC=C(C)C)c(OC)c1. The molecule has 0 N–H and O–H groups in total. The number of benzene rings is 1. The van der Waals surface area contributed by atoms with Gasteiger partial charge in [0.15, 0.2) is 0 Å². The lowest BCUT2D eigenvalue weighted by Gasteiger charge is -2.15. The van der Waals surface area contributed by atoms with Crippen LogP contribution in [0.5, 0.6) is 5.75 Å². The van der Waals surface area contributed by atoms with E-state index in [0.717, 1.165) is 37.9 Å². The molecule has 0 saturated heterocycles. The van der Waals surface area contributed by atoms with Gasteiger partial charge in [-0.2, -0.15) is 0 Å². The molecule has 0 amide bonds. The Labute approximate surface area is 156 Å². The van der Waals surface area contributed by atoms with E-state index in [9.17, 15) is 0 Å². The Bertz CT molecular complexity index is 549. The highest BCUT2D eigenvalue weighted by Crippen LogP contribution is 2.28. The third-order valence-electron chi connectivity index (χ3n) is 4.78. The standard InChI is InChI=1S/C24H38O/c1-7-9-10-14-21-17-22(8-2)23(24(18-21)25-6)16-15-20(5)13-11-12-19(3)4/h12,15,17-18H,7-11,13-14,16H2,1-6H3/b20-15+. The second-order valence-corrected chi connectivity index (χ2v) is 7.32. The Hall–Kier alpha value is -1.50. The minimum Gasteiger partial charge on any atom is -0.496 e. The van der Waals surface area contributed by atoms with E-state index < -0.39 is 0 Å². The van der Waals surface area contributed by atoms with Gasteiger partial charge in [0.2, 0.25) is 0 Å². The van der Waals surface area contributed by atoms with E-state index in [0.29, 0.717) is 0 Å². The van der Waals surface area contributed by atoms with E-state index in [-0.39, 0.29) is 0 Å². The Morgan fingerprint density at radius 2 is 1.80 bits per heavy atom. The first-order valence-corrected chi connectivity index (χ1v) is 9.99. The number of methoxy groups -OCH3 is 1. The van der Waals surface area contributed by atoms with Gasteiger partial charge in [-0.25, -0.2) is 0 Å². The molecular weight excluding hydrogens is 304 g/mol. The van der Waals surface area contributed by atoms with Crippen LogP contribution < -0.4 is 4.74 Å². The summed E-state index contributed by atoms with van der Waals surface area (Å²) in [5.74, 6) is 1.07. The molecule has 1 nitrogen and oxygen atoms in total. The number of allylic oxidation sites excluding steroid dienone is 4. The van der Waals surface area contributed by atoms with Crippen molar-refractivity contribution in [1.82, 2.24) is 0 Å². The van der Waals surface area contributed by atoms with Gasteiger partial charge in [0, 0.05) is 5.56 Å². The van der Waals surface area contributed by atoms with Gasteiger partial charge in [0.05, 0.1) is 7.11 Å². The number of ether oxygens (including phenoxy) is 1. The van der Waals surface area contributed by atoms with Crippen molar-refractivity contribution in [2.75, 3.05) is 7.11 Å². The minimum atomic E-state index is 0.974. The van der Waals surface area contributed by atoms with E-state index in [4.69, 9.17) is 4.74 Å². The Balaban J connectivity index is 2.88. The number of aryl methyl sites for hydroxylation is 2. The van der Waals surface area contributed by atoms with Crippen LogP contribution in [-0.2, 0) is 19.3 Å². The second kappa shape index (κ2) is 12.0. The molecule has 1 aromatic carbocycles. The summed E-state index contributed by atoms with van der Waals surface area (Å²) in [5, 5.41) is 0. The molecule has 25 heavy (non-hydrogen) atoms. The lowest BCUT2D eigenvalue weighted by Crippen LogP contribution is -2.00. The summed E-state index contributed by atoms with van der Waals surface area (Å²) in [6.07, 6.45) is 14.0. The van der Waals surface area contributed by atoms with Crippen molar-refractivity contribution in [2.45, 2.75) is 86.0 Å². The van der Waals surface area contributed by atoms with Crippen molar-refractivity contribution < 1.29 is 4.74 Å². The number of hydrogen-bond donors (Lipinski definition) is 0. The normalized spacial score (nSPS) is 11.5. The molecule has 0 aromatic heterocycles. The highest BCUT2D eigenvalue weighted by atomic mass is 16.5. The highest BCUT2D eigenvalue weighted by molar-refractivity contribution is 5.45. The summed E-state index contributed by atoms with van der Waals surface area (Å²) in [4.78, 5) is 0. The van der Waals surface area contributed by atoms with Gasteiger partial charge in [-0.15, -0.1) is 0 Å². The smallest absolute Gasteiger partial charge is 0.122 e. The third kappa shape index (κ3) is 7.94. The Kier molecular flexibility index (Phi) is 10.3.